The fourth-order valence-corrected chi connectivity index (χ4v) is 6.00. The molecule has 2 N–H and O–H groups in total. The average molecular weight is 499 g/mol. The smallest absolute Gasteiger partial charge is 0.263 e. The lowest BCUT2D eigenvalue weighted by molar-refractivity contribution is 0.0946. The summed E-state index contributed by atoms with van der Waals surface area (Å²) in [5.74, 6) is -1.67. The fraction of sp³-hybridized carbons (Fsp3) is 0.429. The maximum Gasteiger partial charge on any atom is 0.263 e. The van der Waals surface area contributed by atoms with Gasteiger partial charge < -0.3 is 10.4 Å². The number of hydrogen-bond donors (Lipinski definition) is 2. The molecule has 3 aromatic rings. The first-order chi connectivity index (χ1) is 16.1. The van der Waals surface area contributed by atoms with Crippen LogP contribution in [0, 0.1) is 11.6 Å². The quantitative estimate of drug-likeness (QED) is 0.506. The molecule has 2 atom stereocenters. The van der Waals surface area contributed by atoms with Crippen molar-refractivity contribution in [3.63, 3.8) is 0 Å². The Morgan fingerprint density at radius 2 is 1.88 bits per heavy atom. The number of halogens is 4. The Labute approximate surface area is 192 Å². The van der Waals surface area contributed by atoms with Crippen molar-refractivity contribution in [2.24, 2.45) is 0 Å². The van der Waals surface area contributed by atoms with E-state index in [0.29, 0.717) is 25.3 Å². The Morgan fingerprint density at radius 1 is 1.12 bits per heavy atom. The number of alkyl halides is 2. The molecule has 13 heteroatoms. The number of aliphatic hydroxyl groups is 1. The number of sulfonamides is 1. The Bertz CT molecular complexity index is 1350. The number of nitrogens with zero attached hydrogens (tertiary/aromatic N) is 4. The van der Waals surface area contributed by atoms with Crippen LogP contribution in [0.4, 0.5) is 23.5 Å². The second-order valence-electron chi connectivity index (χ2n) is 8.51. The molecule has 2 fully saturated rings. The van der Waals surface area contributed by atoms with Crippen LogP contribution in [-0.2, 0) is 10.0 Å². The molecule has 0 amide bonds. The number of benzene rings is 1. The molecule has 1 aliphatic heterocycles. The zero-order valence-electron chi connectivity index (χ0n) is 17.7. The molecule has 0 unspecified atom stereocenters. The third-order valence-corrected chi connectivity index (χ3v) is 8.52. The zero-order valence-corrected chi connectivity index (χ0v) is 18.5. The van der Waals surface area contributed by atoms with Gasteiger partial charge in [-0.25, -0.2) is 35.5 Å². The van der Waals surface area contributed by atoms with Crippen molar-refractivity contribution in [1.29, 1.82) is 0 Å². The van der Waals surface area contributed by atoms with Crippen molar-refractivity contribution >= 4 is 21.5 Å². The monoisotopic (exact) mass is 499 g/mol. The van der Waals surface area contributed by atoms with Gasteiger partial charge in [0.05, 0.1) is 29.3 Å². The zero-order chi connectivity index (χ0) is 24.2. The van der Waals surface area contributed by atoms with Gasteiger partial charge in [-0.1, -0.05) is 6.07 Å². The Balaban J connectivity index is 1.39. The topological polar surface area (TPSA) is 99.8 Å². The fourth-order valence-electron chi connectivity index (χ4n) is 4.13. The molecular formula is C21H21F4N5O3S. The van der Waals surface area contributed by atoms with Gasteiger partial charge in [0.15, 0.2) is 5.82 Å². The minimum absolute atomic E-state index is 0.00200. The van der Waals surface area contributed by atoms with Crippen molar-refractivity contribution < 1.29 is 31.1 Å². The summed E-state index contributed by atoms with van der Waals surface area (Å²) in [6, 6.07) is 3.35. The van der Waals surface area contributed by atoms with E-state index in [2.05, 4.69) is 15.4 Å². The molecule has 5 rings (SSSR count). The van der Waals surface area contributed by atoms with E-state index in [9.17, 15) is 31.1 Å². The van der Waals surface area contributed by atoms with Crippen molar-refractivity contribution in [3.05, 3.63) is 47.7 Å². The van der Waals surface area contributed by atoms with E-state index in [-0.39, 0.29) is 41.1 Å². The van der Waals surface area contributed by atoms with Gasteiger partial charge in [-0.2, -0.15) is 4.31 Å². The number of β-amino-alcohol motifs (C(OH)–C–C–N with tert-alkyl or cyclic N) is 1. The molecular weight excluding hydrogens is 478 g/mol. The third-order valence-electron chi connectivity index (χ3n) is 6.15. The van der Waals surface area contributed by atoms with Gasteiger partial charge in [0, 0.05) is 30.3 Å². The van der Waals surface area contributed by atoms with Gasteiger partial charge in [-0.15, -0.1) is 5.10 Å². The standard InChI is InChI=1S/C21H21F4N5O3S/c22-14-7-11(20(24)25)1-4-13(14)17-8-15(23)18-9-26-21(28-30(17)18)27-16-5-6-29(10-19(16)31)34(32,33)12-2-3-12/h1,4,7-9,12,16,19-20,31H,2-3,5-6,10H2,(H,27,28)/t16-,19-/m1/s1. The maximum atomic E-state index is 14.5. The highest BCUT2D eigenvalue weighted by atomic mass is 32.2. The number of aliphatic hydroxyl groups excluding tert-OH is 1. The number of fused-ring (bicyclic) bond motifs is 1. The number of rotatable bonds is 6. The Morgan fingerprint density at radius 3 is 2.53 bits per heavy atom. The van der Waals surface area contributed by atoms with Crippen LogP contribution in [0.15, 0.2) is 30.5 Å². The van der Waals surface area contributed by atoms with Gasteiger partial charge in [-0.05, 0) is 31.4 Å². The van der Waals surface area contributed by atoms with Crippen LogP contribution in [0.5, 0.6) is 0 Å². The largest absolute Gasteiger partial charge is 0.390 e. The number of nitrogens with one attached hydrogen (secondary N) is 1. The summed E-state index contributed by atoms with van der Waals surface area (Å²) >= 11 is 0. The van der Waals surface area contributed by atoms with E-state index < -0.39 is 45.8 Å². The average Bonchev–Trinajstić information content (AvgIpc) is 3.60. The number of anilines is 1. The van der Waals surface area contributed by atoms with Crippen LogP contribution in [-0.4, -0.2) is 62.9 Å². The summed E-state index contributed by atoms with van der Waals surface area (Å²) in [7, 11) is -3.41. The van der Waals surface area contributed by atoms with Crippen LogP contribution in [0.3, 0.4) is 0 Å². The van der Waals surface area contributed by atoms with Crippen LogP contribution in [0.25, 0.3) is 16.8 Å². The van der Waals surface area contributed by atoms with Gasteiger partial charge in [0.25, 0.3) is 6.43 Å². The molecule has 34 heavy (non-hydrogen) atoms. The first-order valence-electron chi connectivity index (χ1n) is 10.7. The third kappa shape index (κ3) is 4.12. The number of piperidine rings is 1. The second-order valence-corrected chi connectivity index (χ2v) is 10.7. The van der Waals surface area contributed by atoms with Gasteiger partial charge in [0.2, 0.25) is 16.0 Å². The predicted octanol–water partition coefficient (Wildman–Crippen LogP) is 2.95. The minimum atomic E-state index is -3.41. The highest BCUT2D eigenvalue weighted by Crippen LogP contribution is 2.33. The van der Waals surface area contributed by atoms with Crippen LogP contribution < -0.4 is 5.32 Å². The molecule has 1 aliphatic carbocycles. The minimum Gasteiger partial charge on any atom is -0.390 e. The molecule has 2 aromatic heterocycles. The van der Waals surface area contributed by atoms with E-state index in [1.54, 1.807) is 0 Å². The first kappa shape index (κ1) is 23.0. The summed E-state index contributed by atoms with van der Waals surface area (Å²) in [4.78, 5) is 4.05. The summed E-state index contributed by atoms with van der Waals surface area (Å²) in [5, 5.41) is 17.3. The lowest BCUT2D eigenvalue weighted by Gasteiger charge is -2.35. The molecule has 8 nitrogen and oxygen atoms in total. The second kappa shape index (κ2) is 8.47. The number of aromatic nitrogens is 3. The molecule has 1 saturated carbocycles. The number of hydrogen-bond acceptors (Lipinski definition) is 6. The van der Waals surface area contributed by atoms with Crippen LogP contribution in [0.2, 0.25) is 0 Å². The molecule has 182 valence electrons. The van der Waals surface area contributed by atoms with Crippen molar-refractivity contribution in [1.82, 2.24) is 18.9 Å². The van der Waals surface area contributed by atoms with E-state index in [1.165, 1.54) is 10.5 Å². The summed E-state index contributed by atoms with van der Waals surface area (Å²) < 4.78 is 81.9. The molecule has 0 radical (unpaired) electrons. The molecule has 3 heterocycles. The highest BCUT2D eigenvalue weighted by Gasteiger charge is 2.43. The van der Waals surface area contributed by atoms with Crippen molar-refractivity contribution in [2.45, 2.75) is 43.1 Å². The van der Waals surface area contributed by atoms with Gasteiger partial charge >= 0.3 is 0 Å². The van der Waals surface area contributed by atoms with E-state index in [1.807, 2.05) is 0 Å². The Kier molecular flexibility index (Phi) is 5.73. The van der Waals surface area contributed by atoms with Crippen LogP contribution >= 0.6 is 0 Å². The molecule has 0 bridgehead atoms. The van der Waals surface area contributed by atoms with Crippen LogP contribution in [0.1, 0.15) is 31.3 Å². The highest BCUT2D eigenvalue weighted by molar-refractivity contribution is 7.90. The van der Waals surface area contributed by atoms with E-state index >= 15 is 0 Å². The molecule has 1 aromatic carbocycles. The lowest BCUT2D eigenvalue weighted by Crippen LogP contribution is -2.52. The van der Waals surface area contributed by atoms with Crippen molar-refractivity contribution in [3.8, 4) is 11.3 Å². The van der Waals surface area contributed by atoms with Gasteiger partial charge in [0.1, 0.15) is 11.3 Å². The maximum absolute atomic E-state index is 14.5. The lowest BCUT2D eigenvalue weighted by atomic mass is 10.0. The Hall–Kier alpha value is -2.77. The SMILES string of the molecule is O=S(=O)(C1CC1)N1CC[C@@H](Nc2ncc3c(F)cc(-c4ccc(C(F)F)cc4F)n3n2)[C@H](O)C1. The summed E-state index contributed by atoms with van der Waals surface area (Å²) in [6.07, 6.45) is -1.14. The molecule has 1 saturated heterocycles. The van der Waals surface area contributed by atoms with Crippen molar-refractivity contribution in [2.75, 3.05) is 18.4 Å². The molecule has 0 spiro atoms. The predicted molar refractivity (Wildman–Crippen MR) is 115 cm³/mol. The molecule has 2 aliphatic rings. The first-order valence-corrected chi connectivity index (χ1v) is 12.2. The van der Waals surface area contributed by atoms with E-state index in [0.717, 1.165) is 22.7 Å². The summed E-state index contributed by atoms with van der Waals surface area (Å²) in [5.41, 5.74) is -0.666. The van der Waals surface area contributed by atoms with Gasteiger partial charge in [-0.3, -0.25) is 0 Å². The summed E-state index contributed by atoms with van der Waals surface area (Å²) in [6.45, 7) is 0.157. The van der Waals surface area contributed by atoms with E-state index in [4.69, 9.17) is 0 Å². The normalized spacial score (nSPS) is 21.9.